The second-order valence-electron chi connectivity index (χ2n) is 3.14. The van der Waals surface area contributed by atoms with Gasteiger partial charge < -0.3 is 5.11 Å². The third-order valence-corrected chi connectivity index (χ3v) is 2.04. The van der Waals surface area contributed by atoms with Gasteiger partial charge in [-0.05, 0) is 13.3 Å². The van der Waals surface area contributed by atoms with Crippen molar-refractivity contribution in [2.24, 2.45) is 0 Å². The van der Waals surface area contributed by atoms with Gasteiger partial charge in [0, 0.05) is 13.0 Å². The zero-order chi connectivity index (χ0) is 9.68. The Morgan fingerprint density at radius 2 is 2.31 bits per heavy atom. The van der Waals surface area contributed by atoms with E-state index >= 15 is 0 Å². The molecule has 4 heteroatoms. The Bertz CT molecular complexity index is 247. The minimum atomic E-state index is -0.278. The monoisotopic (exact) mass is 183 g/mol. The standard InChI is InChI=1S/C9H17N3O/c1-3-5-8(13)6-9-10-7-11-12(9)4-2/h7-8,13H,3-6H2,1-2H3. The fraction of sp³-hybridized carbons (Fsp3) is 0.778. The molecule has 0 saturated carbocycles. The summed E-state index contributed by atoms with van der Waals surface area (Å²) >= 11 is 0. The van der Waals surface area contributed by atoms with Crippen LogP contribution >= 0.6 is 0 Å². The third-order valence-electron chi connectivity index (χ3n) is 2.04. The van der Waals surface area contributed by atoms with E-state index in [1.54, 1.807) is 0 Å². The van der Waals surface area contributed by atoms with Crippen LogP contribution in [0.5, 0.6) is 0 Å². The van der Waals surface area contributed by atoms with E-state index in [4.69, 9.17) is 0 Å². The summed E-state index contributed by atoms with van der Waals surface area (Å²) in [5.74, 6) is 0.878. The quantitative estimate of drug-likeness (QED) is 0.741. The molecule has 13 heavy (non-hydrogen) atoms. The Balaban J connectivity index is 2.52. The van der Waals surface area contributed by atoms with E-state index in [0.717, 1.165) is 25.2 Å². The van der Waals surface area contributed by atoms with Crippen molar-refractivity contribution in [3.8, 4) is 0 Å². The van der Waals surface area contributed by atoms with E-state index < -0.39 is 0 Å². The van der Waals surface area contributed by atoms with E-state index in [2.05, 4.69) is 17.0 Å². The molecular weight excluding hydrogens is 166 g/mol. The highest BCUT2D eigenvalue weighted by atomic mass is 16.3. The third kappa shape index (κ3) is 2.81. The molecule has 0 amide bonds. The first-order chi connectivity index (χ1) is 6.27. The second kappa shape index (κ2) is 4.97. The van der Waals surface area contributed by atoms with Crippen LogP contribution in [0.4, 0.5) is 0 Å². The minimum absolute atomic E-state index is 0.278. The van der Waals surface area contributed by atoms with Gasteiger partial charge in [0.25, 0.3) is 0 Å². The van der Waals surface area contributed by atoms with Crippen LogP contribution in [0.2, 0.25) is 0 Å². The lowest BCUT2D eigenvalue weighted by atomic mass is 10.1. The van der Waals surface area contributed by atoms with Crippen molar-refractivity contribution in [2.45, 2.75) is 45.8 Å². The number of aromatic nitrogens is 3. The SMILES string of the molecule is CCCC(O)Cc1ncnn1CC. The molecular formula is C9H17N3O. The maximum Gasteiger partial charge on any atom is 0.138 e. The molecule has 0 fully saturated rings. The van der Waals surface area contributed by atoms with E-state index in [9.17, 15) is 5.11 Å². The Morgan fingerprint density at radius 1 is 1.54 bits per heavy atom. The number of aliphatic hydroxyl groups excluding tert-OH is 1. The molecule has 0 aromatic carbocycles. The average molecular weight is 183 g/mol. The van der Waals surface area contributed by atoms with Gasteiger partial charge in [-0.3, -0.25) is 4.68 Å². The summed E-state index contributed by atoms with van der Waals surface area (Å²) in [5.41, 5.74) is 0. The Hall–Kier alpha value is -0.900. The van der Waals surface area contributed by atoms with Crippen molar-refractivity contribution in [1.82, 2.24) is 14.8 Å². The maximum absolute atomic E-state index is 9.56. The molecule has 0 aliphatic carbocycles. The predicted octanol–water partition coefficient (Wildman–Crippen LogP) is 1.00. The van der Waals surface area contributed by atoms with Crippen LogP contribution in [0, 0.1) is 0 Å². The number of hydrogen-bond acceptors (Lipinski definition) is 3. The Labute approximate surface area is 78.6 Å². The minimum Gasteiger partial charge on any atom is -0.393 e. The number of nitrogens with zero attached hydrogens (tertiary/aromatic N) is 3. The summed E-state index contributed by atoms with van der Waals surface area (Å²) < 4.78 is 1.82. The van der Waals surface area contributed by atoms with Crippen LogP contribution in [0.15, 0.2) is 6.33 Å². The van der Waals surface area contributed by atoms with Gasteiger partial charge in [-0.1, -0.05) is 13.3 Å². The van der Waals surface area contributed by atoms with Gasteiger partial charge in [-0.25, -0.2) is 4.98 Å². The van der Waals surface area contributed by atoms with Crippen molar-refractivity contribution in [3.05, 3.63) is 12.2 Å². The summed E-state index contributed by atoms with van der Waals surface area (Å²) in [7, 11) is 0. The zero-order valence-electron chi connectivity index (χ0n) is 8.27. The Morgan fingerprint density at radius 3 is 2.92 bits per heavy atom. The van der Waals surface area contributed by atoms with Crippen LogP contribution in [-0.4, -0.2) is 26.0 Å². The van der Waals surface area contributed by atoms with Crippen LogP contribution in [0.3, 0.4) is 0 Å². The molecule has 0 bridgehead atoms. The zero-order valence-corrected chi connectivity index (χ0v) is 8.27. The van der Waals surface area contributed by atoms with Crippen molar-refractivity contribution in [2.75, 3.05) is 0 Å². The van der Waals surface area contributed by atoms with E-state index in [1.807, 2.05) is 11.6 Å². The van der Waals surface area contributed by atoms with Gasteiger partial charge in [-0.15, -0.1) is 0 Å². The van der Waals surface area contributed by atoms with Gasteiger partial charge >= 0.3 is 0 Å². The number of aryl methyl sites for hydroxylation is 1. The first-order valence-corrected chi connectivity index (χ1v) is 4.82. The highest BCUT2D eigenvalue weighted by molar-refractivity contribution is 4.87. The first-order valence-electron chi connectivity index (χ1n) is 4.82. The molecule has 1 aromatic heterocycles. The molecule has 1 atom stereocenters. The Kier molecular flexibility index (Phi) is 3.89. The van der Waals surface area contributed by atoms with Crippen LogP contribution in [-0.2, 0) is 13.0 Å². The summed E-state index contributed by atoms with van der Waals surface area (Å²) in [6, 6.07) is 0. The summed E-state index contributed by atoms with van der Waals surface area (Å²) in [6.45, 7) is 4.90. The molecule has 0 aliphatic heterocycles. The van der Waals surface area contributed by atoms with Crippen molar-refractivity contribution >= 4 is 0 Å². The predicted molar refractivity (Wildman–Crippen MR) is 50.3 cm³/mol. The van der Waals surface area contributed by atoms with E-state index in [0.29, 0.717) is 6.42 Å². The smallest absolute Gasteiger partial charge is 0.138 e. The highest BCUT2D eigenvalue weighted by Gasteiger charge is 2.08. The summed E-state index contributed by atoms with van der Waals surface area (Å²) in [4.78, 5) is 4.10. The topological polar surface area (TPSA) is 50.9 Å². The molecule has 1 rings (SSSR count). The molecule has 4 nitrogen and oxygen atoms in total. The van der Waals surface area contributed by atoms with E-state index in [1.165, 1.54) is 6.33 Å². The van der Waals surface area contributed by atoms with Crippen molar-refractivity contribution in [1.29, 1.82) is 0 Å². The van der Waals surface area contributed by atoms with Gasteiger partial charge in [0.05, 0.1) is 6.10 Å². The number of aliphatic hydroxyl groups is 1. The van der Waals surface area contributed by atoms with Gasteiger partial charge in [0.2, 0.25) is 0 Å². The number of hydrogen-bond donors (Lipinski definition) is 1. The summed E-state index contributed by atoms with van der Waals surface area (Å²) in [5, 5.41) is 13.6. The molecule has 1 unspecified atom stereocenters. The molecule has 74 valence electrons. The lowest BCUT2D eigenvalue weighted by Gasteiger charge is -2.08. The van der Waals surface area contributed by atoms with E-state index in [-0.39, 0.29) is 6.10 Å². The molecule has 0 radical (unpaired) electrons. The highest BCUT2D eigenvalue weighted by Crippen LogP contribution is 2.04. The largest absolute Gasteiger partial charge is 0.393 e. The number of rotatable bonds is 5. The molecule has 0 saturated heterocycles. The fourth-order valence-electron chi connectivity index (χ4n) is 1.36. The fourth-order valence-corrected chi connectivity index (χ4v) is 1.36. The molecule has 1 N–H and O–H groups in total. The van der Waals surface area contributed by atoms with Crippen molar-refractivity contribution in [3.63, 3.8) is 0 Å². The lowest BCUT2D eigenvalue weighted by Crippen LogP contribution is -2.14. The molecule has 1 aromatic rings. The summed E-state index contributed by atoms with van der Waals surface area (Å²) in [6.07, 6.45) is 3.71. The normalized spacial score (nSPS) is 13.2. The van der Waals surface area contributed by atoms with Gasteiger partial charge in [-0.2, -0.15) is 5.10 Å². The molecule has 1 heterocycles. The first kappa shape index (κ1) is 10.2. The molecule has 0 aliphatic rings. The average Bonchev–Trinajstić information content (AvgIpc) is 2.52. The second-order valence-corrected chi connectivity index (χ2v) is 3.14. The molecule has 0 spiro atoms. The van der Waals surface area contributed by atoms with Gasteiger partial charge in [0.15, 0.2) is 0 Å². The van der Waals surface area contributed by atoms with Gasteiger partial charge in [0.1, 0.15) is 12.2 Å². The van der Waals surface area contributed by atoms with Crippen LogP contribution in [0.25, 0.3) is 0 Å². The maximum atomic E-state index is 9.56. The van der Waals surface area contributed by atoms with Crippen LogP contribution < -0.4 is 0 Å². The van der Waals surface area contributed by atoms with Crippen LogP contribution in [0.1, 0.15) is 32.5 Å². The van der Waals surface area contributed by atoms with Crippen molar-refractivity contribution < 1.29 is 5.11 Å². The lowest BCUT2D eigenvalue weighted by molar-refractivity contribution is 0.160.